The summed E-state index contributed by atoms with van der Waals surface area (Å²) >= 11 is 0. The lowest BCUT2D eigenvalue weighted by Gasteiger charge is -2.09. The van der Waals surface area contributed by atoms with Crippen LogP contribution in [0.15, 0.2) is 0 Å². The van der Waals surface area contributed by atoms with Gasteiger partial charge in [-0.05, 0) is 26.3 Å². The number of hydrogen-bond acceptors (Lipinski definition) is 2. The molecule has 2 heteroatoms. The molecule has 0 amide bonds. The number of aliphatic hydroxyl groups excluding tert-OH is 1. The van der Waals surface area contributed by atoms with Crippen molar-refractivity contribution in [3.63, 3.8) is 0 Å². The molecule has 0 unspecified atom stereocenters. The Kier molecular flexibility index (Phi) is 1.54. The summed E-state index contributed by atoms with van der Waals surface area (Å²) in [5, 5.41) is 11.7. The van der Waals surface area contributed by atoms with Gasteiger partial charge in [0.05, 0.1) is 0 Å². The largest absolute Gasteiger partial charge is 0.396 e. The molecule has 0 spiro atoms. The van der Waals surface area contributed by atoms with E-state index in [2.05, 4.69) is 5.32 Å². The van der Waals surface area contributed by atoms with Crippen LogP contribution in [-0.4, -0.2) is 24.3 Å². The second-order valence-corrected chi connectivity index (χ2v) is 2.50. The average molecular weight is 115 g/mol. The first-order valence-electron chi connectivity index (χ1n) is 3.13. The standard InChI is InChI=1S/C6H13NO/c1-7-6(2-3-6)4-5-8/h7-8H,2-5H2,1H3. The number of nitrogens with one attached hydrogen (secondary N) is 1. The summed E-state index contributed by atoms with van der Waals surface area (Å²) < 4.78 is 0. The Bertz CT molecular complexity index is 78.6. The SMILES string of the molecule is CNC1(CCO)CC1. The third-order valence-electron chi connectivity index (χ3n) is 1.97. The van der Waals surface area contributed by atoms with Gasteiger partial charge in [-0.15, -0.1) is 0 Å². The van der Waals surface area contributed by atoms with E-state index in [1.165, 1.54) is 12.8 Å². The lowest BCUT2D eigenvalue weighted by Crippen LogP contribution is -2.27. The van der Waals surface area contributed by atoms with Gasteiger partial charge in [-0.1, -0.05) is 0 Å². The van der Waals surface area contributed by atoms with Crippen LogP contribution in [0.1, 0.15) is 19.3 Å². The molecule has 2 N–H and O–H groups in total. The molecule has 2 nitrogen and oxygen atoms in total. The maximum atomic E-state index is 8.53. The highest BCUT2D eigenvalue weighted by Gasteiger charge is 2.39. The van der Waals surface area contributed by atoms with Crippen molar-refractivity contribution in [2.75, 3.05) is 13.7 Å². The molecule has 0 heterocycles. The maximum Gasteiger partial charge on any atom is 0.0448 e. The smallest absolute Gasteiger partial charge is 0.0448 e. The van der Waals surface area contributed by atoms with Crippen molar-refractivity contribution in [2.45, 2.75) is 24.8 Å². The Morgan fingerprint density at radius 3 is 2.38 bits per heavy atom. The lowest BCUT2D eigenvalue weighted by molar-refractivity contribution is 0.262. The molecule has 0 atom stereocenters. The van der Waals surface area contributed by atoms with Gasteiger partial charge in [0.2, 0.25) is 0 Å². The molecule has 1 aliphatic rings. The molecule has 0 aromatic carbocycles. The molecule has 8 heavy (non-hydrogen) atoms. The highest BCUT2D eigenvalue weighted by Crippen LogP contribution is 2.37. The van der Waals surface area contributed by atoms with Gasteiger partial charge in [-0.25, -0.2) is 0 Å². The predicted molar refractivity (Wildman–Crippen MR) is 32.7 cm³/mol. The van der Waals surface area contributed by atoms with Crippen molar-refractivity contribution in [1.29, 1.82) is 0 Å². The summed E-state index contributed by atoms with van der Waals surface area (Å²) in [6.45, 7) is 0.320. The molecule has 0 bridgehead atoms. The van der Waals surface area contributed by atoms with Crippen LogP contribution in [0.2, 0.25) is 0 Å². The quantitative estimate of drug-likeness (QED) is 0.547. The van der Waals surface area contributed by atoms with E-state index < -0.39 is 0 Å². The monoisotopic (exact) mass is 115 g/mol. The Morgan fingerprint density at radius 1 is 1.62 bits per heavy atom. The predicted octanol–water partition coefficient (Wildman–Crippen LogP) is 0.121. The molecule has 48 valence electrons. The Hall–Kier alpha value is -0.0800. The van der Waals surface area contributed by atoms with Crippen LogP contribution in [0.25, 0.3) is 0 Å². The van der Waals surface area contributed by atoms with Gasteiger partial charge in [0, 0.05) is 12.1 Å². The molecule has 0 radical (unpaired) electrons. The minimum Gasteiger partial charge on any atom is -0.396 e. The van der Waals surface area contributed by atoms with E-state index >= 15 is 0 Å². The molecule has 0 aromatic heterocycles. The van der Waals surface area contributed by atoms with Crippen LogP contribution in [0.4, 0.5) is 0 Å². The van der Waals surface area contributed by atoms with Crippen LogP contribution in [0.5, 0.6) is 0 Å². The van der Waals surface area contributed by atoms with Crippen molar-refractivity contribution in [1.82, 2.24) is 5.32 Å². The second-order valence-electron chi connectivity index (χ2n) is 2.50. The zero-order valence-corrected chi connectivity index (χ0v) is 5.28. The summed E-state index contributed by atoms with van der Waals surface area (Å²) in [4.78, 5) is 0. The molecule has 0 aliphatic heterocycles. The molecule has 0 saturated heterocycles. The van der Waals surface area contributed by atoms with Gasteiger partial charge >= 0.3 is 0 Å². The number of aliphatic hydroxyl groups is 1. The molecule has 1 fully saturated rings. The average Bonchev–Trinajstić information content (AvgIpc) is 2.50. The molecular formula is C6H13NO. The van der Waals surface area contributed by atoms with Gasteiger partial charge in [0.25, 0.3) is 0 Å². The van der Waals surface area contributed by atoms with Crippen LogP contribution in [-0.2, 0) is 0 Å². The first kappa shape index (κ1) is 6.05. The Labute approximate surface area is 49.9 Å². The van der Waals surface area contributed by atoms with Crippen molar-refractivity contribution >= 4 is 0 Å². The summed E-state index contributed by atoms with van der Waals surface area (Å²) in [7, 11) is 1.96. The third kappa shape index (κ3) is 1.01. The van der Waals surface area contributed by atoms with E-state index in [-0.39, 0.29) is 0 Å². The normalized spacial score (nSPS) is 23.2. The number of hydrogen-bond donors (Lipinski definition) is 2. The fraction of sp³-hybridized carbons (Fsp3) is 1.00. The third-order valence-corrected chi connectivity index (χ3v) is 1.97. The van der Waals surface area contributed by atoms with Crippen LogP contribution < -0.4 is 5.32 Å². The van der Waals surface area contributed by atoms with Crippen LogP contribution in [0, 0.1) is 0 Å². The van der Waals surface area contributed by atoms with Gasteiger partial charge < -0.3 is 10.4 Å². The van der Waals surface area contributed by atoms with Gasteiger partial charge in [-0.3, -0.25) is 0 Å². The summed E-state index contributed by atoms with van der Waals surface area (Å²) in [6, 6.07) is 0. The minimum atomic E-state index is 0.320. The van der Waals surface area contributed by atoms with Gasteiger partial charge in [-0.2, -0.15) is 0 Å². The Balaban J connectivity index is 2.20. The van der Waals surface area contributed by atoms with E-state index in [0.29, 0.717) is 12.1 Å². The minimum absolute atomic E-state index is 0.320. The van der Waals surface area contributed by atoms with E-state index in [1.807, 2.05) is 7.05 Å². The topological polar surface area (TPSA) is 32.3 Å². The molecular weight excluding hydrogens is 102 g/mol. The molecule has 1 rings (SSSR count). The maximum absolute atomic E-state index is 8.53. The van der Waals surface area contributed by atoms with E-state index in [1.54, 1.807) is 0 Å². The fourth-order valence-corrected chi connectivity index (χ4v) is 0.990. The second kappa shape index (κ2) is 2.03. The zero-order valence-electron chi connectivity index (χ0n) is 5.28. The molecule has 0 aromatic rings. The summed E-state index contributed by atoms with van der Waals surface area (Å²) in [5.41, 5.74) is 0.342. The molecule has 1 aliphatic carbocycles. The molecule has 1 saturated carbocycles. The van der Waals surface area contributed by atoms with E-state index in [4.69, 9.17) is 5.11 Å². The fourth-order valence-electron chi connectivity index (χ4n) is 0.990. The van der Waals surface area contributed by atoms with Crippen molar-refractivity contribution in [2.24, 2.45) is 0 Å². The van der Waals surface area contributed by atoms with Gasteiger partial charge in [0.1, 0.15) is 0 Å². The Morgan fingerprint density at radius 2 is 2.25 bits per heavy atom. The van der Waals surface area contributed by atoms with Crippen molar-refractivity contribution < 1.29 is 5.11 Å². The highest BCUT2D eigenvalue weighted by atomic mass is 16.3. The number of rotatable bonds is 3. The summed E-state index contributed by atoms with van der Waals surface area (Å²) in [6.07, 6.45) is 3.40. The van der Waals surface area contributed by atoms with E-state index in [0.717, 1.165) is 6.42 Å². The van der Waals surface area contributed by atoms with Crippen LogP contribution >= 0.6 is 0 Å². The van der Waals surface area contributed by atoms with E-state index in [9.17, 15) is 0 Å². The van der Waals surface area contributed by atoms with Crippen molar-refractivity contribution in [3.05, 3.63) is 0 Å². The first-order chi connectivity index (χ1) is 3.83. The highest BCUT2D eigenvalue weighted by molar-refractivity contribution is 5.00. The van der Waals surface area contributed by atoms with Crippen molar-refractivity contribution in [3.8, 4) is 0 Å². The zero-order chi connectivity index (χ0) is 6.04. The summed E-state index contributed by atoms with van der Waals surface area (Å²) in [5.74, 6) is 0. The lowest BCUT2D eigenvalue weighted by atomic mass is 10.2. The van der Waals surface area contributed by atoms with Crippen LogP contribution in [0.3, 0.4) is 0 Å². The van der Waals surface area contributed by atoms with Gasteiger partial charge in [0.15, 0.2) is 0 Å². The first-order valence-corrected chi connectivity index (χ1v) is 3.13.